The van der Waals surface area contributed by atoms with Crippen LogP contribution in [0.3, 0.4) is 0 Å². The summed E-state index contributed by atoms with van der Waals surface area (Å²) in [5.74, 6) is 0.197. The molecule has 3 N–H and O–H groups in total. The van der Waals surface area contributed by atoms with Gasteiger partial charge in [-0.25, -0.2) is 9.37 Å². The van der Waals surface area contributed by atoms with E-state index in [4.69, 9.17) is 10.2 Å². The van der Waals surface area contributed by atoms with Gasteiger partial charge in [0.15, 0.2) is 0 Å². The fraction of sp³-hybridized carbons (Fsp3) is 0.216. The number of pyridine rings is 1. The second-order valence-corrected chi connectivity index (χ2v) is 12.1. The van der Waals surface area contributed by atoms with Crippen molar-refractivity contribution in [2.45, 2.75) is 38.2 Å². The Balaban J connectivity index is 1.29. The van der Waals surface area contributed by atoms with Crippen molar-refractivity contribution in [3.63, 3.8) is 0 Å². The summed E-state index contributed by atoms with van der Waals surface area (Å²) in [6.45, 7) is 2.26. The van der Waals surface area contributed by atoms with Gasteiger partial charge < -0.3 is 20.4 Å². The topological polar surface area (TPSA) is 101 Å². The molecule has 1 aliphatic rings. The smallest absolute Gasteiger partial charge is 0.416 e. The van der Waals surface area contributed by atoms with Crippen LogP contribution in [0.2, 0.25) is 0 Å². The number of aromatic nitrogens is 1. The monoisotopic (exact) mass is 656 g/mol. The zero-order chi connectivity index (χ0) is 34.1. The number of rotatable bonds is 7. The number of carbonyl (C=O) groups is 2. The molecule has 0 atom stereocenters. The number of halogens is 4. The third-order valence-electron chi connectivity index (χ3n) is 8.40. The third kappa shape index (κ3) is 7.41. The highest BCUT2D eigenvalue weighted by atomic mass is 19.4. The molecule has 6 rings (SSSR count). The summed E-state index contributed by atoms with van der Waals surface area (Å²) in [5.41, 5.74) is 7.20. The van der Waals surface area contributed by atoms with E-state index in [2.05, 4.69) is 10.3 Å². The first-order chi connectivity index (χ1) is 22.8. The van der Waals surface area contributed by atoms with Gasteiger partial charge in [-0.2, -0.15) is 13.2 Å². The molecule has 1 saturated heterocycles. The maximum Gasteiger partial charge on any atom is 0.416 e. The molecule has 7 nitrogen and oxygen atoms in total. The van der Waals surface area contributed by atoms with Crippen LogP contribution in [0.4, 0.5) is 23.4 Å². The normalized spacial score (nSPS) is 14.8. The van der Waals surface area contributed by atoms with Gasteiger partial charge in [-0.05, 0) is 103 Å². The Hall–Kier alpha value is -5.45. The lowest BCUT2D eigenvalue weighted by atomic mass is 9.94. The molecule has 3 heterocycles. The Morgan fingerprint density at radius 3 is 2.42 bits per heavy atom. The number of piperidine rings is 1. The molecular weight excluding hydrogens is 624 g/mol. The summed E-state index contributed by atoms with van der Waals surface area (Å²) < 4.78 is 61.3. The summed E-state index contributed by atoms with van der Waals surface area (Å²) in [6.07, 6.45) is 0.491. The van der Waals surface area contributed by atoms with E-state index in [0.717, 1.165) is 17.7 Å². The number of furan rings is 1. The molecule has 3 aromatic carbocycles. The second kappa shape index (κ2) is 13.0. The predicted molar refractivity (Wildman–Crippen MR) is 176 cm³/mol. The molecule has 1 aliphatic heterocycles. The molecule has 0 aliphatic carbocycles. The zero-order valence-corrected chi connectivity index (χ0v) is 26.0. The number of amides is 2. The van der Waals surface area contributed by atoms with Gasteiger partial charge >= 0.3 is 6.18 Å². The van der Waals surface area contributed by atoms with Crippen molar-refractivity contribution in [3.05, 3.63) is 114 Å². The fourth-order valence-electron chi connectivity index (χ4n) is 5.62. The van der Waals surface area contributed by atoms with Crippen molar-refractivity contribution in [1.82, 2.24) is 15.2 Å². The third-order valence-corrected chi connectivity index (χ3v) is 8.40. The summed E-state index contributed by atoms with van der Waals surface area (Å²) in [6, 6.07) is 20.6. The van der Waals surface area contributed by atoms with Gasteiger partial charge in [-0.3, -0.25) is 9.59 Å². The summed E-state index contributed by atoms with van der Waals surface area (Å²) in [5, 5.41) is 3.38. The molecule has 48 heavy (non-hydrogen) atoms. The quantitative estimate of drug-likeness (QED) is 0.136. The fourth-order valence-corrected chi connectivity index (χ4v) is 5.62. The molecule has 246 valence electrons. The van der Waals surface area contributed by atoms with Crippen molar-refractivity contribution in [2.75, 3.05) is 18.8 Å². The van der Waals surface area contributed by atoms with Gasteiger partial charge in [0, 0.05) is 41.9 Å². The average Bonchev–Trinajstić information content (AvgIpc) is 3.49. The number of fused-ring (bicyclic) bond motifs is 1. The molecule has 2 amide bonds. The maximum absolute atomic E-state index is 14.3. The van der Waals surface area contributed by atoms with Crippen LogP contribution in [-0.4, -0.2) is 40.5 Å². The van der Waals surface area contributed by atoms with Crippen LogP contribution in [0.25, 0.3) is 39.3 Å². The van der Waals surface area contributed by atoms with Crippen LogP contribution in [0.5, 0.6) is 0 Å². The first-order valence-electron chi connectivity index (χ1n) is 15.3. The van der Waals surface area contributed by atoms with Gasteiger partial charge in [0.2, 0.25) is 5.91 Å². The summed E-state index contributed by atoms with van der Waals surface area (Å²) in [7, 11) is 0. The largest absolute Gasteiger partial charge is 0.459 e. The second-order valence-electron chi connectivity index (χ2n) is 12.1. The lowest BCUT2D eigenvalue weighted by Crippen LogP contribution is -2.43. The van der Waals surface area contributed by atoms with Crippen LogP contribution in [0.15, 0.2) is 95.6 Å². The van der Waals surface area contributed by atoms with Gasteiger partial charge in [-0.1, -0.05) is 24.3 Å². The Morgan fingerprint density at radius 2 is 1.73 bits per heavy atom. The van der Waals surface area contributed by atoms with Crippen LogP contribution in [-0.2, 0) is 17.5 Å². The predicted octanol–water partition coefficient (Wildman–Crippen LogP) is 8.06. The highest BCUT2D eigenvalue weighted by Crippen LogP contribution is 2.39. The minimum atomic E-state index is -4.54. The molecule has 0 bridgehead atoms. The Kier molecular flexibility index (Phi) is 8.79. The number of nitrogens with zero attached hydrogens (tertiary/aromatic N) is 2. The van der Waals surface area contributed by atoms with E-state index < -0.39 is 17.4 Å². The Bertz CT molecular complexity index is 1990. The zero-order valence-electron chi connectivity index (χ0n) is 26.0. The van der Waals surface area contributed by atoms with Gasteiger partial charge in [0.1, 0.15) is 22.8 Å². The van der Waals surface area contributed by atoms with Crippen molar-refractivity contribution in [3.8, 4) is 22.3 Å². The van der Waals surface area contributed by atoms with Crippen LogP contribution < -0.4 is 11.1 Å². The SMILES string of the molecule is CC1(F)CCN(C(=O)c2ccc(-c3cc(-c4cccc(C(F)(F)F)c4)c4oc(CNC(=O)/C=C/c5ccc(N)nc5)cc4c3)cc2)CC1. The van der Waals surface area contributed by atoms with E-state index in [1.54, 1.807) is 72.5 Å². The molecule has 0 saturated carbocycles. The number of anilines is 1. The van der Waals surface area contributed by atoms with E-state index in [9.17, 15) is 27.2 Å². The molecule has 0 radical (unpaired) electrons. The van der Waals surface area contributed by atoms with E-state index >= 15 is 0 Å². The number of hydrogen-bond acceptors (Lipinski definition) is 5. The Labute approximate surface area is 274 Å². The van der Waals surface area contributed by atoms with Gasteiger partial charge in [-0.15, -0.1) is 0 Å². The molecule has 5 aromatic rings. The van der Waals surface area contributed by atoms with Gasteiger partial charge in [0.25, 0.3) is 5.91 Å². The minimum absolute atomic E-state index is 0.0318. The van der Waals surface area contributed by atoms with Crippen LogP contribution in [0.1, 0.15) is 47.0 Å². The standard InChI is InChI=1S/C37H32F4N4O3/c1-36(38)13-15-45(16-14-36)35(47)25-9-7-24(8-10-25)27-17-28-19-30(22-44-33(46)12-6-23-5-11-32(42)43-21-23)48-34(28)31(20-27)26-3-2-4-29(18-26)37(39,40)41/h2-12,17-21H,13-16,22H2,1H3,(H2,42,43)(H,44,46)/b12-6+. The minimum Gasteiger partial charge on any atom is -0.459 e. The van der Waals surface area contributed by atoms with Crippen molar-refractivity contribution >= 4 is 34.7 Å². The van der Waals surface area contributed by atoms with Crippen molar-refractivity contribution < 1.29 is 31.6 Å². The van der Waals surface area contributed by atoms with Crippen molar-refractivity contribution in [1.29, 1.82) is 0 Å². The van der Waals surface area contributed by atoms with Crippen LogP contribution in [0, 0.1) is 0 Å². The molecule has 2 aromatic heterocycles. The highest BCUT2D eigenvalue weighted by molar-refractivity contribution is 5.98. The molecule has 0 spiro atoms. The molecular formula is C37H32F4N4O3. The van der Waals surface area contributed by atoms with Crippen LogP contribution >= 0.6 is 0 Å². The Morgan fingerprint density at radius 1 is 0.979 bits per heavy atom. The molecule has 1 fully saturated rings. The summed E-state index contributed by atoms with van der Waals surface area (Å²) in [4.78, 5) is 31.2. The lowest BCUT2D eigenvalue weighted by Gasteiger charge is -2.34. The highest BCUT2D eigenvalue weighted by Gasteiger charge is 2.32. The number of likely N-dealkylation sites (tertiary alicyclic amines) is 1. The average molecular weight is 657 g/mol. The first-order valence-corrected chi connectivity index (χ1v) is 15.3. The van der Waals surface area contributed by atoms with E-state index in [0.29, 0.717) is 63.5 Å². The number of hydrogen-bond donors (Lipinski definition) is 2. The maximum atomic E-state index is 14.3. The van der Waals surface area contributed by atoms with E-state index in [1.807, 2.05) is 6.07 Å². The lowest BCUT2D eigenvalue weighted by molar-refractivity contribution is -0.137. The number of benzene rings is 3. The van der Waals surface area contributed by atoms with E-state index in [-0.39, 0.29) is 31.2 Å². The number of nitrogens with two attached hydrogens (primary N) is 1. The number of nitrogen functional groups attached to an aromatic ring is 1. The molecule has 11 heteroatoms. The summed E-state index contributed by atoms with van der Waals surface area (Å²) >= 11 is 0. The number of nitrogens with one attached hydrogen (secondary N) is 1. The first kappa shape index (κ1) is 32.5. The van der Waals surface area contributed by atoms with Crippen molar-refractivity contribution in [2.24, 2.45) is 0 Å². The van der Waals surface area contributed by atoms with E-state index in [1.165, 1.54) is 18.3 Å². The number of carbonyl (C=O) groups excluding carboxylic acids is 2. The molecule has 0 unspecified atom stereocenters. The van der Waals surface area contributed by atoms with Gasteiger partial charge in [0.05, 0.1) is 12.1 Å². The number of alkyl halides is 4.